The minimum atomic E-state index is 0.519. The molecule has 0 N–H and O–H groups in total. The Bertz CT molecular complexity index is 620. The van der Waals surface area contributed by atoms with E-state index in [4.69, 9.17) is 0 Å². The summed E-state index contributed by atoms with van der Waals surface area (Å²) in [5.74, 6) is 1.76. The van der Waals surface area contributed by atoms with E-state index in [2.05, 4.69) is 41.5 Å². The number of rotatable bonds is 0. The monoisotopic (exact) mass is 348 g/mol. The molecular weight excluding hydrogens is 319 g/mol. The zero-order chi connectivity index (χ0) is 15.0. The summed E-state index contributed by atoms with van der Waals surface area (Å²) in [7, 11) is 0. The van der Waals surface area contributed by atoms with Crippen LogP contribution in [0.2, 0.25) is 0 Å². The second kappa shape index (κ2) is 3.27. The van der Waals surface area contributed by atoms with Crippen LogP contribution in [0.4, 0.5) is 0 Å². The molecule has 1 aromatic heterocycles. The molecule has 21 heavy (non-hydrogen) atoms. The molecule has 4 bridgehead atoms. The van der Waals surface area contributed by atoms with Crippen molar-refractivity contribution >= 4 is 14.5 Å². The molecule has 1 heterocycles. The molecule has 5 rings (SSSR count). The fourth-order valence-corrected chi connectivity index (χ4v) is 11.2. The first kappa shape index (κ1) is 13.4. The van der Waals surface area contributed by atoms with Crippen molar-refractivity contribution in [2.24, 2.45) is 10.8 Å². The first-order valence-electron chi connectivity index (χ1n) is 8.84. The first-order valence-corrected chi connectivity index (χ1v) is 10.5. The van der Waals surface area contributed by atoms with Gasteiger partial charge in [0.1, 0.15) is 0 Å². The molecule has 0 aromatic carbocycles. The van der Waals surface area contributed by atoms with E-state index in [1.54, 1.807) is 0 Å². The van der Waals surface area contributed by atoms with Crippen molar-refractivity contribution in [3.63, 3.8) is 0 Å². The van der Waals surface area contributed by atoms with Gasteiger partial charge in [-0.25, -0.2) is 0 Å². The maximum atomic E-state index is 2.61. The zero-order valence-corrected chi connectivity index (χ0v) is 16.1. The van der Waals surface area contributed by atoms with Crippen LogP contribution in [0.5, 0.6) is 0 Å². The van der Waals surface area contributed by atoms with Crippen LogP contribution in [0.3, 0.4) is 0 Å². The molecular formula is C20H28Se. The van der Waals surface area contributed by atoms with Gasteiger partial charge in [-0.15, -0.1) is 0 Å². The molecule has 2 saturated carbocycles. The Balaban J connectivity index is 1.82. The fourth-order valence-electron chi connectivity index (χ4n) is 6.79. The van der Waals surface area contributed by atoms with E-state index in [0.29, 0.717) is 36.2 Å². The molecule has 0 unspecified atom stereocenters. The summed E-state index contributed by atoms with van der Waals surface area (Å²) in [6.45, 7) is 15.5. The van der Waals surface area contributed by atoms with Gasteiger partial charge in [-0.1, -0.05) is 0 Å². The summed E-state index contributed by atoms with van der Waals surface area (Å²) in [5, 5.41) is 0. The van der Waals surface area contributed by atoms with Gasteiger partial charge in [0.2, 0.25) is 0 Å². The van der Waals surface area contributed by atoms with Crippen molar-refractivity contribution in [2.45, 2.75) is 89.9 Å². The van der Waals surface area contributed by atoms with E-state index in [9.17, 15) is 0 Å². The van der Waals surface area contributed by atoms with E-state index < -0.39 is 0 Å². The first-order chi connectivity index (χ1) is 9.66. The summed E-state index contributed by atoms with van der Waals surface area (Å²) >= 11 is 0.674. The van der Waals surface area contributed by atoms with Gasteiger partial charge in [0.05, 0.1) is 0 Å². The van der Waals surface area contributed by atoms with Crippen molar-refractivity contribution in [3.8, 4) is 0 Å². The van der Waals surface area contributed by atoms with Crippen LogP contribution < -0.4 is 0 Å². The van der Waals surface area contributed by atoms with Crippen molar-refractivity contribution in [2.75, 3.05) is 0 Å². The molecule has 4 aliphatic rings. The van der Waals surface area contributed by atoms with Gasteiger partial charge in [-0.2, -0.15) is 0 Å². The van der Waals surface area contributed by atoms with Crippen LogP contribution >= 0.6 is 0 Å². The van der Waals surface area contributed by atoms with E-state index in [-0.39, 0.29) is 0 Å². The quantitative estimate of drug-likeness (QED) is 0.573. The molecule has 0 radical (unpaired) electrons. The Kier molecular flexibility index (Phi) is 2.09. The average molecular weight is 347 g/mol. The maximum absolute atomic E-state index is 2.61. The predicted octanol–water partition coefficient (Wildman–Crippen LogP) is 5.09. The molecule has 0 spiro atoms. The Morgan fingerprint density at radius 3 is 1.48 bits per heavy atom. The van der Waals surface area contributed by atoms with Crippen LogP contribution in [0, 0.1) is 10.8 Å². The third kappa shape index (κ3) is 1.07. The molecule has 0 nitrogen and oxygen atoms in total. The zero-order valence-electron chi connectivity index (χ0n) is 14.4. The summed E-state index contributed by atoms with van der Waals surface area (Å²) in [4.78, 5) is 0. The number of fused-ring (bicyclic) bond motifs is 11. The molecule has 4 aliphatic carbocycles. The molecule has 1 heteroatoms. The van der Waals surface area contributed by atoms with Gasteiger partial charge >= 0.3 is 135 Å². The molecule has 114 valence electrons. The van der Waals surface area contributed by atoms with Gasteiger partial charge in [0.15, 0.2) is 0 Å². The van der Waals surface area contributed by atoms with E-state index in [1.807, 2.05) is 20.0 Å². The van der Waals surface area contributed by atoms with E-state index in [1.165, 1.54) is 25.7 Å². The molecule has 4 atom stereocenters. The number of hydrogen-bond acceptors (Lipinski definition) is 0. The summed E-state index contributed by atoms with van der Waals surface area (Å²) in [6.07, 6.45) is 5.82. The van der Waals surface area contributed by atoms with Crippen LogP contribution in [0.25, 0.3) is 0 Å². The topological polar surface area (TPSA) is 0 Å². The van der Waals surface area contributed by atoms with E-state index in [0.717, 1.165) is 11.8 Å². The van der Waals surface area contributed by atoms with Crippen molar-refractivity contribution in [1.29, 1.82) is 0 Å². The molecule has 1 aromatic rings. The second-order valence-electron chi connectivity index (χ2n) is 9.88. The van der Waals surface area contributed by atoms with Crippen molar-refractivity contribution in [1.82, 2.24) is 0 Å². The fraction of sp³-hybridized carbons (Fsp3) is 0.800. The van der Waals surface area contributed by atoms with Crippen LogP contribution in [0.15, 0.2) is 0 Å². The normalized spacial score (nSPS) is 47.0. The molecule has 0 amide bonds. The second-order valence-corrected chi connectivity index (χ2v) is 12.0. The van der Waals surface area contributed by atoms with Gasteiger partial charge in [0.25, 0.3) is 0 Å². The minimum absolute atomic E-state index is 0.519. The SMILES string of the molecule is CC1(C)[C@@H]2CC[C@@]1(C)c1[se]c3c(c12)[C@H]1CC[C@]3(C)C1(C)C. The van der Waals surface area contributed by atoms with Crippen molar-refractivity contribution < 1.29 is 0 Å². The molecule has 0 saturated heterocycles. The Labute approximate surface area is 135 Å². The Morgan fingerprint density at radius 2 is 1.10 bits per heavy atom. The third-order valence-corrected chi connectivity index (χ3v) is 12.8. The molecule has 2 fully saturated rings. The van der Waals surface area contributed by atoms with Crippen LogP contribution in [-0.2, 0) is 10.8 Å². The third-order valence-electron chi connectivity index (χ3n) is 9.14. The van der Waals surface area contributed by atoms with Crippen molar-refractivity contribution in [3.05, 3.63) is 20.0 Å². The summed E-state index contributed by atoms with van der Waals surface area (Å²) < 4.78 is 3.91. The molecule has 0 aliphatic heterocycles. The van der Waals surface area contributed by atoms with Gasteiger partial charge < -0.3 is 0 Å². The summed E-state index contributed by atoms with van der Waals surface area (Å²) in [5.41, 5.74) is 5.93. The number of hydrogen-bond donors (Lipinski definition) is 0. The summed E-state index contributed by atoms with van der Waals surface area (Å²) in [6, 6.07) is 0. The van der Waals surface area contributed by atoms with Gasteiger partial charge in [-0.05, 0) is 0 Å². The van der Waals surface area contributed by atoms with Crippen LogP contribution in [-0.4, -0.2) is 14.5 Å². The standard InChI is InChI=1S/C20H28Se/c1-17(2)11-7-9-19(17,5)15-13(11)14-12-8-10-20(6,16(14)21-15)18(12,3)4/h11-12H,7-10H2,1-6H3/t11-,12-,19+,20+/m1/s1. The average Bonchev–Trinajstić information content (AvgIpc) is 3.03. The predicted molar refractivity (Wildman–Crippen MR) is 89.6 cm³/mol. The van der Waals surface area contributed by atoms with Crippen LogP contribution in [0.1, 0.15) is 99.1 Å². The van der Waals surface area contributed by atoms with Gasteiger partial charge in [-0.3, -0.25) is 0 Å². The Morgan fingerprint density at radius 1 is 0.714 bits per heavy atom. The van der Waals surface area contributed by atoms with Gasteiger partial charge in [0, 0.05) is 0 Å². The van der Waals surface area contributed by atoms with E-state index >= 15 is 0 Å². The Hall–Kier alpha value is -0.000519.